The largest absolute Gasteiger partial charge is 0.397 e. The average molecular weight is 169 g/mol. The molecule has 58 valence electrons. The fourth-order valence-electron chi connectivity index (χ4n) is 0.751. The van der Waals surface area contributed by atoms with Crippen LogP contribution in [0.15, 0.2) is 31.0 Å². The molecule has 0 aliphatic carbocycles. The first-order chi connectivity index (χ1) is 5.24. The molecule has 0 aliphatic heterocycles. The number of nitrogens with two attached hydrogens (primary N) is 1. The minimum absolute atomic E-state index is 0.568. The van der Waals surface area contributed by atoms with E-state index in [1.54, 1.807) is 18.3 Å². The molecule has 0 saturated carbocycles. The highest BCUT2D eigenvalue weighted by molar-refractivity contribution is 6.33. The van der Waals surface area contributed by atoms with Gasteiger partial charge in [0.1, 0.15) is 0 Å². The van der Waals surface area contributed by atoms with E-state index in [9.17, 15) is 0 Å². The van der Waals surface area contributed by atoms with Gasteiger partial charge >= 0.3 is 0 Å². The molecule has 1 aromatic carbocycles. The van der Waals surface area contributed by atoms with Crippen molar-refractivity contribution in [2.24, 2.45) is 0 Å². The van der Waals surface area contributed by atoms with Gasteiger partial charge in [-0.2, -0.15) is 0 Å². The Labute approximate surface area is 70.7 Å². The summed E-state index contributed by atoms with van der Waals surface area (Å²) in [5.41, 5.74) is 7.00. The molecule has 0 spiro atoms. The van der Waals surface area contributed by atoms with E-state index in [2.05, 4.69) is 11.9 Å². The van der Waals surface area contributed by atoms with Crippen LogP contribution in [-0.4, -0.2) is 0 Å². The van der Waals surface area contributed by atoms with E-state index in [0.29, 0.717) is 10.7 Å². The van der Waals surface area contributed by atoms with Gasteiger partial charge in [-0.05, 0) is 24.4 Å². The van der Waals surface area contributed by atoms with Gasteiger partial charge in [0.2, 0.25) is 0 Å². The lowest BCUT2D eigenvalue weighted by atomic mass is 10.3. The summed E-state index contributed by atoms with van der Waals surface area (Å²) in [5, 5.41) is 3.47. The third kappa shape index (κ3) is 1.88. The molecule has 2 nitrogen and oxygen atoms in total. The first kappa shape index (κ1) is 7.95. The van der Waals surface area contributed by atoms with E-state index >= 15 is 0 Å². The van der Waals surface area contributed by atoms with Crippen molar-refractivity contribution in [3.8, 4) is 0 Å². The molecule has 1 aromatic rings. The number of rotatable bonds is 2. The highest BCUT2D eigenvalue weighted by atomic mass is 35.5. The molecule has 3 N–H and O–H groups in total. The van der Waals surface area contributed by atoms with Gasteiger partial charge in [-0.1, -0.05) is 18.2 Å². The quantitative estimate of drug-likeness (QED) is 0.666. The van der Waals surface area contributed by atoms with E-state index in [0.717, 1.165) is 5.69 Å². The highest BCUT2D eigenvalue weighted by Crippen LogP contribution is 2.21. The van der Waals surface area contributed by atoms with Crippen LogP contribution >= 0.6 is 11.6 Å². The number of halogens is 1. The van der Waals surface area contributed by atoms with Gasteiger partial charge in [-0.3, -0.25) is 0 Å². The Morgan fingerprint density at radius 3 is 2.82 bits per heavy atom. The molecule has 0 bridgehead atoms. The highest BCUT2D eigenvalue weighted by Gasteiger charge is 1.94. The van der Waals surface area contributed by atoms with Crippen molar-refractivity contribution in [2.75, 3.05) is 11.1 Å². The maximum absolute atomic E-state index is 5.70. The Morgan fingerprint density at radius 2 is 2.27 bits per heavy atom. The van der Waals surface area contributed by atoms with Crippen LogP contribution in [0.5, 0.6) is 0 Å². The number of nitrogen functional groups attached to an aromatic ring is 1. The van der Waals surface area contributed by atoms with Crippen molar-refractivity contribution in [3.05, 3.63) is 36.0 Å². The van der Waals surface area contributed by atoms with Gasteiger partial charge in [0.05, 0.1) is 10.7 Å². The first-order valence-electron chi connectivity index (χ1n) is 3.16. The number of hydrogen-bond donors (Lipinski definition) is 2. The molecule has 0 heterocycles. The lowest BCUT2D eigenvalue weighted by molar-refractivity contribution is 1.59. The first-order valence-corrected chi connectivity index (χ1v) is 3.54. The van der Waals surface area contributed by atoms with Crippen LogP contribution < -0.4 is 11.1 Å². The minimum atomic E-state index is 0.568. The standard InChI is InChI=1S/C8H9ClN2/c1-2-11-6-3-4-7(9)8(10)5-6/h2-5,11H,1,10H2. The molecule has 0 amide bonds. The summed E-state index contributed by atoms with van der Waals surface area (Å²) < 4.78 is 0. The predicted molar refractivity (Wildman–Crippen MR) is 49.7 cm³/mol. The number of hydrogen-bond acceptors (Lipinski definition) is 2. The van der Waals surface area contributed by atoms with Crippen LogP contribution in [0.1, 0.15) is 0 Å². The van der Waals surface area contributed by atoms with Gasteiger partial charge in [0.25, 0.3) is 0 Å². The zero-order valence-corrected chi connectivity index (χ0v) is 6.73. The topological polar surface area (TPSA) is 38.0 Å². The number of anilines is 2. The molecular formula is C8H9ClN2. The van der Waals surface area contributed by atoms with Crippen LogP contribution in [0.25, 0.3) is 0 Å². The Kier molecular flexibility index (Phi) is 2.39. The van der Waals surface area contributed by atoms with Gasteiger partial charge in [-0.25, -0.2) is 0 Å². The van der Waals surface area contributed by atoms with E-state index < -0.39 is 0 Å². The fourth-order valence-corrected chi connectivity index (χ4v) is 0.869. The van der Waals surface area contributed by atoms with Crippen LogP contribution in [-0.2, 0) is 0 Å². The van der Waals surface area contributed by atoms with E-state index in [1.807, 2.05) is 6.07 Å². The van der Waals surface area contributed by atoms with Crippen molar-refractivity contribution in [2.45, 2.75) is 0 Å². The number of nitrogens with one attached hydrogen (secondary N) is 1. The molecule has 11 heavy (non-hydrogen) atoms. The van der Waals surface area contributed by atoms with Crippen LogP contribution in [0.4, 0.5) is 11.4 Å². The molecular weight excluding hydrogens is 160 g/mol. The van der Waals surface area contributed by atoms with E-state index in [-0.39, 0.29) is 0 Å². The fraction of sp³-hybridized carbons (Fsp3) is 0. The van der Waals surface area contributed by atoms with Gasteiger partial charge in [0.15, 0.2) is 0 Å². The summed E-state index contributed by atoms with van der Waals surface area (Å²) >= 11 is 5.70. The Morgan fingerprint density at radius 1 is 1.55 bits per heavy atom. The molecule has 0 fully saturated rings. The third-order valence-electron chi connectivity index (χ3n) is 1.26. The summed E-state index contributed by atoms with van der Waals surface area (Å²) in [6, 6.07) is 5.33. The number of benzene rings is 1. The second-order valence-electron chi connectivity index (χ2n) is 2.08. The molecule has 1 rings (SSSR count). The van der Waals surface area contributed by atoms with Crippen molar-refractivity contribution in [3.63, 3.8) is 0 Å². The summed E-state index contributed by atoms with van der Waals surface area (Å²) in [7, 11) is 0. The minimum Gasteiger partial charge on any atom is -0.397 e. The van der Waals surface area contributed by atoms with Crippen molar-refractivity contribution < 1.29 is 0 Å². The zero-order valence-electron chi connectivity index (χ0n) is 5.97. The summed E-state index contributed by atoms with van der Waals surface area (Å²) in [4.78, 5) is 0. The van der Waals surface area contributed by atoms with Crippen LogP contribution in [0.2, 0.25) is 5.02 Å². The Hall–Kier alpha value is -1.15. The Bertz CT molecular complexity index is 271. The molecule has 0 radical (unpaired) electrons. The predicted octanol–water partition coefficient (Wildman–Crippen LogP) is 2.48. The Balaban J connectivity index is 2.95. The molecule has 0 atom stereocenters. The van der Waals surface area contributed by atoms with Gasteiger partial charge < -0.3 is 11.1 Å². The maximum atomic E-state index is 5.70. The second kappa shape index (κ2) is 3.30. The van der Waals surface area contributed by atoms with Gasteiger partial charge in [-0.15, -0.1) is 0 Å². The maximum Gasteiger partial charge on any atom is 0.0636 e. The van der Waals surface area contributed by atoms with Crippen molar-refractivity contribution >= 4 is 23.0 Å². The lowest BCUT2D eigenvalue weighted by Crippen LogP contribution is -1.90. The molecule has 0 unspecified atom stereocenters. The van der Waals surface area contributed by atoms with Crippen molar-refractivity contribution in [1.82, 2.24) is 0 Å². The molecule has 0 aromatic heterocycles. The van der Waals surface area contributed by atoms with Crippen molar-refractivity contribution in [1.29, 1.82) is 0 Å². The lowest BCUT2D eigenvalue weighted by Gasteiger charge is -2.02. The smallest absolute Gasteiger partial charge is 0.0636 e. The second-order valence-corrected chi connectivity index (χ2v) is 2.49. The third-order valence-corrected chi connectivity index (χ3v) is 1.61. The molecule has 0 aliphatic rings. The van der Waals surface area contributed by atoms with Crippen LogP contribution in [0, 0.1) is 0 Å². The van der Waals surface area contributed by atoms with E-state index in [4.69, 9.17) is 17.3 Å². The summed E-state index contributed by atoms with van der Waals surface area (Å²) in [6.45, 7) is 3.52. The normalized spacial score (nSPS) is 9.18. The van der Waals surface area contributed by atoms with Gasteiger partial charge in [0, 0.05) is 5.69 Å². The molecule has 3 heteroatoms. The van der Waals surface area contributed by atoms with E-state index in [1.165, 1.54) is 0 Å². The van der Waals surface area contributed by atoms with Crippen LogP contribution in [0.3, 0.4) is 0 Å². The average Bonchev–Trinajstić information content (AvgIpc) is 1.98. The monoisotopic (exact) mass is 168 g/mol. The SMILES string of the molecule is C=CNc1ccc(Cl)c(N)c1. The molecule has 0 saturated heterocycles. The summed E-state index contributed by atoms with van der Waals surface area (Å²) in [5.74, 6) is 0. The summed E-state index contributed by atoms with van der Waals surface area (Å²) in [6.07, 6.45) is 1.59. The zero-order chi connectivity index (χ0) is 8.27.